The fraction of sp³-hybridized carbons (Fsp3) is 0.647. The molecule has 0 bridgehead atoms. The van der Waals surface area contributed by atoms with Gasteiger partial charge in [0.05, 0.1) is 6.61 Å². The molecule has 0 radical (unpaired) electrons. The van der Waals surface area contributed by atoms with Gasteiger partial charge >= 0.3 is 0 Å². The Morgan fingerprint density at radius 2 is 2.25 bits per heavy atom. The van der Waals surface area contributed by atoms with Crippen LogP contribution in [-0.4, -0.2) is 31.9 Å². The van der Waals surface area contributed by atoms with Gasteiger partial charge in [-0.25, -0.2) is 0 Å². The molecule has 3 unspecified atom stereocenters. The fourth-order valence-corrected chi connectivity index (χ4v) is 3.37. The molecule has 0 saturated carbocycles. The van der Waals surface area contributed by atoms with Crippen LogP contribution in [0.5, 0.6) is 5.75 Å². The monoisotopic (exact) mass is 275 g/mol. The van der Waals surface area contributed by atoms with Crippen molar-refractivity contribution in [1.82, 2.24) is 5.32 Å². The topological polar surface area (TPSA) is 30.5 Å². The number of nitrogens with one attached hydrogen (secondary N) is 1. The van der Waals surface area contributed by atoms with Crippen LogP contribution in [0.4, 0.5) is 0 Å². The van der Waals surface area contributed by atoms with E-state index in [-0.39, 0.29) is 6.10 Å². The second-order valence-corrected chi connectivity index (χ2v) is 5.93. The van der Waals surface area contributed by atoms with Gasteiger partial charge in [0.1, 0.15) is 11.9 Å². The third-order valence-electron chi connectivity index (χ3n) is 4.41. The lowest BCUT2D eigenvalue weighted by atomic mass is 9.88. The second-order valence-electron chi connectivity index (χ2n) is 5.93. The number of hydrogen-bond acceptors (Lipinski definition) is 3. The minimum absolute atomic E-state index is 0.255. The number of fused-ring (bicyclic) bond motifs is 1. The first-order valence-corrected chi connectivity index (χ1v) is 7.94. The van der Waals surface area contributed by atoms with Crippen LogP contribution in [0.1, 0.15) is 31.7 Å². The summed E-state index contributed by atoms with van der Waals surface area (Å²) in [5.41, 5.74) is 1.34. The maximum atomic E-state index is 6.20. The Hall–Kier alpha value is -1.06. The van der Waals surface area contributed by atoms with Crippen molar-refractivity contribution >= 4 is 0 Å². The van der Waals surface area contributed by atoms with Gasteiger partial charge in [-0.1, -0.05) is 25.1 Å². The zero-order chi connectivity index (χ0) is 13.8. The van der Waals surface area contributed by atoms with E-state index < -0.39 is 0 Å². The summed E-state index contributed by atoms with van der Waals surface area (Å²) < 4.78 is 11.9. The van der Waals surface area contributed by atoms with E-state index in [1.54, 1.807) is 0 Å². The lowest BCUT2D eigenvalue weighted by Crippen LogP contribution is -2.50. The van der Waals surface area contributed by atoms with Crippen LogP contribution in [0.25, 0.3) is 0 Å². The maximum Gasteiger partial charge on any atom is 0.123 e. The van der Waals surface area contributed by atoms with Crippen LogP contribution in [0.2, 0.25) is 0 Å². The minimum atomic E-state index is 0.255. The van der Waals surface area contributed by atoms with E-state index in [0.717, 1.165) is 38.3 Å². The highest BCUT2D eigenvalue weighted by molar-refractivity contribution is 5.37. The first-order chi connectivity index (χ1) is 9.88. The third-order valence-corrected chi connectivity index (χ3v) is 4.41. The zero-order valence-electron chi connectivity index (χ0n) is 12.3. The van der Waals surface area contributed by atoms with Crippen LogP contribution >= 0.6 is 0 Å². The van der Waals surface area contributed by atoms with Crippen molar-refractivity contribution in [3.05, 3.63) is 29.8 Å². The molecule has 2 aliphatic rings. The van der Waals surface area contributed by atoms with Gasteiger partial charge in [0.2, 0.25) is 0 Å². The van der Waals surface area contributed by atoms with Crippen LogP contribution in [0.15, 0.2) is 24.3 Å². The first-order valence-electron chi connectivity index (χ1n) is 7.94. The Morgan fingerprint density at radius 3 is 3.00 bits per heavy atom. The minimum Gasteiger partial charge on any atom is -0.488 e. The van der Waals surface area contributed by atoms with Crippen molar-refractivity contribution in [2.24, 2.45) is 5.92 Å². The van der Waals surface area contributed by atoms with E-state index >= 15 is 0 Å². The molecule has 1 fully saturated rings. The Labute approximate surface area is 121 Å². The molecule has 0 amide bonds. The summed E-state index contributed by atoms with van der Waals surface area (Å²) in [6.45, 7) is 5.06. The summed E-state index contributed by atoms with van der Waals surface area (Å²) in [6.07, 6.45) is 4.86. The van der Waals surface area contributed by atoms with Crippen LogP contribution in [-0.2, 0) is 11.2 Å². The molecule has 0 aliphatic carbocycles. The molecule has 3 rings (SSSR count). The van der Waals surface area contributed by atoms with Crippen molar-refractivity contribution in [2.75, 3.05) is 19.8 Å². The number of para-hydroxylation sites is 1. The summed E-state index contributed by atoms with van der Waals surface area (Å²) in [5, 5.41) is 3.71. The smallest absolute Gasteiger partial charge is 0.123 e. The molecule has 110 valence electrons. The van der Waals surface area contributed by atoms with Gasteiger partial charge in [-0.15, -0.1) is 0 Å². The molecule has 3 heteroatoms. The second kappa shape index (κ2) is 6.59. The molecule has 1 N–H and O–H groups in total. The van der Waals surface area contributed by atoms with E-state index in [1.807, 2.05) is 0 Å². The predicted molar refractivity (Wildman–Crippen MR) is 80.2 cm³/mol. The molecule has 2 heterocycles. The van der Waals surface area contributed by atoms with Gasteiger partial charge in [-0.3, -0.25) is 0 Å². The summed E-state index contributed by atoms with van der Waals surface area (Å²) >= 11 is 0. The number of hydrogen-bond donors (Lipinski definition) is 1. The van der Waals surface area contributed by atoms with Gasteiger partial charge in [-0.2, -0.15) is 0 Å². The highest BCUT2D eigenvalue weighted by Gasteiger charge is 2.35. The SMILES string of the molecule is CCCNC(C1CCCOC1)C1Cc2ccccc2O1. The van der Waals surface area contributed by atoms with Crippen LogP contribution < -0.4 is 10.1 Å². The van der Waals surface area contributed by atoms with E-state index in [2.05, 4.69) is 36.5 Å². The highest BCUT2D eigenvalue weighted by atomic mass is 16.5. The number of rotatable bonds is 5. The first kappa shape index (κ1) is 13.9. The van der Waals surface area contributed by atoms with E-state index in [0.29, 0.717) is 12.0 Å². The van der Waals surface area contributed by atoms with Crippen molar-refractivity contribution in [1.29, 1.82) is 0 Å². The Balaban J connectivity index is 1.70. The van der Waals surface area contributed by atoms with Gasteiger partial charge in [0.25, 0.3) is 0 Å². The fourth-order valence-electron chi connectivity index (χ4n) is 3.37. The average Bonchev–Trinajstić information content (AvgIpc) is 2.92. The van der Waals surface area contributed by atoms with E-state index in [4.69, 9.17) is 9.47 Å². The largest absolute Gasteiger partial charge is 0.488 e. The summed E-state index contributed by atoms with van der Waals surface area (Å²) in [4.78, 5) is 0. The molecule has 20 heavy (non-hydrogen) atoms. The molecular formula is C17H25NO2. The molecule has 1 aromatic rings. The van der Waals surface area contributed by atoms with Crippen molar-refractivity contribution in [2.45, 2.75) is 44.8 Å². The molecule has 0 spiro atoms. The summed E-state index contributed by atoms with van der Waals surface area (Å²) in [6, 6.07) is 8.83. The van der Waals surface area contributed by atoms with Crippen LogP contribution in [0, 0.1) is 5.92 Å². The Morgan fingerprint density at radius 1 is 1.35 bits per heavy atom. The quantitative estimate of drug-likeness (QED) is 0.896. The normalized spacial score (nSPS) is 26.9. The molecule has 0 aromatic heterocycles. The lowest BCUT2D eigenvalue weighted by molar-refractivity contribution is 0.0165. The highest BCUT2D eigenvalue weighted by Crippen LogP contribution is 2.32. The lowest BCUT2D eigenvalue weighted by Gasteiger charge is -2.34. The molecule has 1 aromatic carbocycles. The summed E-state index contributed by atoms with van der Waals surface area (Å²) in [5.74, 6) is 1.65. The summed E-state index contributed by atoms with van der Waals surface area (Å²) in [7, 11) is 0. The molecular weight excluding hydrogens is 250 g/mol. The molecule has 2 aliphatic heterocycles. The van der Waals surface area contributed by atoms with Crippen molar-refractivity contribution in [3.63, 3.8) is 0 Å². The Kier molecular flexibility index (Phi) is 4.58. The number of benzene rings is 1. The standard InChI is InChI=1S/C17H25NO2/c1-2-9-18-17(14-7-5-10-19-12-14)16-11-13-6-3-4-8-15(13)20-16/h3-4,6,8,14,16-18H,2,5,7,9-12H2,1H3. The number of ether oxygens (including phenoxy) is 2. The average molecular weight is 275 g/mol. The van der Waals surface area contributed by atoms with E-state index in [9.17, 15) is 0 Å². The van der Waals surface area contributed by atoms with Crippen molar-refractivity contribution < 1.29 is 9.47 Å². The molecule has 3 nitrogen and oxygen atoms in total. The Bertz CT molecular complexity index is 404. The van der Waals surface area contributed by atoms with Gasteiger partial charge in [0, 0.05) is 25.0 Å². The van der Waals surface area contributed by atoms with Gasteiger partial charge < -0.3 is 14.8 Å². The predicted octanol–water partition coefficient (Wildman–Crippen LogP) is 2.78. The van der Waals surface area contributed by atoms with Crippen molar-refractivity contribution in [3.8, 4) is 5.75 Å². The van der Waals surface area contributed by atoms with Gasteiger partial charge in [-0.05, 0) is 37.4 Å². The maximum absolute atomic E-state index is 6.20. The van der Waals surface area contributed by atoms with E-state index in [1.165, 1.54) is 18.4 Å². The zero-order valence-corrected chi connectivity index (χ0v) is 12.3. The third kappa shape index (κ3) is 2.99. The van der Waals surface area contributed by atoms with Crippen LogP contribution in [0.3, 0.4) is 0 Å². The molecule has 3 atom stereocenters. The van der Waals surface area contributed by atoms with Gasteiger partial charge in [0.15, 0.2) is 0 Å². The molecule has 1 saturated heterocycles.